The van der Waals surface area contributed by atoms with Crippen LogP contribution in [-0.4, -0.2) is 98.0 Å². The van der Waals surface area contributed by atoms with Gasteiger partial charge in [-0.15, -0.1) is 6.42 Å². The highest BCUT2D eigenvalue weighted by Crippen LogP contribution is 2.48. The highest BCUT2D eigenvalue weighted by atomic mass is 19.1. The summed E-state index contributed by atoms with van der Waals surface area (Å²) in [6.07, 6.45) is 14.2. The van der Waals surface area contributed by atoms with E-state index < -0.39 is 17.6 Å². The maximum atomic E-state index is 17.1. The Kier molecular flexibility index (Phi) is 9.58. The number of phenols is 1. The number of rotatable bonds is 9. The summed E-state index contributed by atoms with van der Waals surface area (Å²) >= 11 is 0. The van der Waals surface area contributed by atoms with Crippen molar-refractivity contribution in [3.05, 3.63) is 77.1 Å². The number of aryl methyl sites for hydroxylation is 1. The molecule has 5 fully saturated rings. The Morgan fingerprint density at radius 3 is 2.52 bits per heavy atom. The maximum absolute atomic E-state index is 17.1. The summed E-state index contributed by atoms with van der Waals surface area (Å²) in [7, 11) is 1.91. The van der Waals surface area contributed by atoms with E-state index in [1.54, 1.807) is 6.20 Å². The molecule has 5 aliphatic rings. The normalized spacial score (nSPS) is 22.5. The minimum absolute atomic E-state index is 0.0319. The molecule has 0 spiro atoms. The van der Waals surface area contributed by atoms with Crippen molar-refractivity contribution in [2.24, 2.45) is 12.5 Å². The molecule has 3 aromatic carbocycles. The Labute approximate surface area is 362 Å². The van der Waals surface area contributed by atoms with Crippen molar-refractivity contribution in [2.75, 3.05) is 44.2 Å². The summed E-state index contributed by atoms with van der Waals surface area (Å²) in [4.78, 5) is 43.3. The number of pyridine rings is 1. The van der Waals surface area contributed by atoms with Crippen molar-refractivity contribution in [1.29, 1.82) is 0 Å². The van der Waals surface area contributed by atoms with Crippen LogP contribution in [0.1, 0.15) is 80.0 Å². The number of likely N-dealkylation sites (tertiary alicyclic amines) is 1. The van der Waals surface area contributed by atoms with E-state index in [2.05, 4.69) is 49.5 Å². The molecule has 4 saturated heterocycles. The SMILES string of the molecule is C#Cc1c(F)ccc2cc(O)cc(-c3ncc4c(N5CC6CCC(C5)N6)nc(OCC5(CN6CCC(c7ccc8c(C9CCC(=O)NC9=O)nn(C)c8c7)CC6)CC5)nc4c3F)c12. The lowest BCUT2D eigenvalue weighted by Gasteiger charge is -2.35. The third-order valence-corrected chi connectivity index (χ3v) is 14.2. The van der Waals surface area contributed by atoms with Gasteiger partial charge in [-0.05, 0) is 99.2 Å². The number of phenolic OH excluding ortho intramolecular Hbond substituents is 1. The third-order valence-electron chi connectivity index (χ3n) is 14.2. The number of benzene rings is 3. The number of nitrogens with zero attached hydrogens (tertiary/aromatic N) is 7. The Morgan fingerprint density at radius 2 is 1.78 bits per heavy atom. The fourth-order valence-corrected chi connectivity index (χ4v) is 10.6. The molecule has 13 nitrogen and oxygen atoms in total. The Morgan fingerprint density at radius 1 is 0.984 bits per heavy atom. The van der Waals surface area contributed by atoms with Gasteiger partial charge in [0.1, 0.15) is 28.6 Å². The van der Waals surface area contributed by atoms with Crippen LogP contribution in [0.15, 0.2) is 48.7 Å². The van der Waals surface area contributed by atoms with Gasteiger partial charge in [-0.25, -0.2) is 8.78 Å². The smallest absolute Gasteiger partial charge is 0.319 e. The summed E-state index contributed by atoms with van der Waals surface area (Å²) in [5.74, 6) is 0.909. The summed E-state index contributed by atoms with van der Waals surface area (Å²) in [5, 5.41) is 23.7. The van der Waals surface area contributed by atoms with E-state index in [9.17, 15) is 14.7 Å². The lowest BCUT2D eigenvalue weighted by Crippen LogP contribution is -2.51. The second kappa shape index (κ2) is 15.2. The Bertz CT molecular complexity index is 2910. The van der Waals surface area contributed by atoms with E-state index >= 15 is 8.78 Å². The second-order valence-electron chi connectivity index (χ2n) is 18.3. The van der Waals surface area contributed by atoms with Gasteiger partial charge in [0.25, 0.3) is 0 Å². The topological polar surface area (TPSA) is 151 Å². The van der Waals surface area contributed by atoms with Crippen molar-refractivity contribution < 1.29 is 28.2 Å². The molecule has 6 aromatic rings. The number of anilines is 1. The number of aromatic hydroxyl groups is 1. The molecule has 4 aliphatic heterocycles. The van der Waals surface area contributed by atoms with Gasteiger partial charge in [0.2, 0.25) is 11.8 Å². The standard InChI is InChI=1S/C48H47F2N9O4/c1-3-32-37(49)10-5-28-18-31(60)20-35(40(28)32)43-41(50)44-36(21-51-43)45(59-22-29-6-7-30(23-59)52-29)55-47(54-44)63-25-48(14-15-48)24-58-16-12-26(13-17-58)27-4-8-33-38(19-27)57(2)56-42(33)34-9-11-39(61)53-46(34)62/h1,4-5,8,10,18-21,26,29-30,34,52,60H,6-7,9,11-17,22-25H2,2H3,(H,53,61,62). The van der Waals surface area contributed by atoms with E-state index in [0.29, 0.717) is 67.1 Å². The molecule has 3 unspecified atom stereocenters. The van der Waals surface area contributed by atoms with Crippen LogP contribution in [0.4, 0.5) is 14.6 Å². The number of carbonyl (C=O) groups excluding carboxylic acids is 2. The van der Waals surface area contributed by atoms with Crippen molar-refractivity contribution in [1.82, 2.24) is 40.3 Å². The number of nitrogens with one attached hydrogen (secondary N) is 2. The molecular formula is C48H47F2N9O4. The summed E-state index contributed by atoms with van der Waals surface area (Å²) in [5.41, 5.74) is 2.94. The first-order chi connectivity index (χ1) is 30.5. The minimum atomic E-state index is -0.737. The quantitative estimate of drug-likeness (QED) is 0.113. The van der Waals surface area contributed by atoms with Gasteiger partial charge in [-0.1, -0.05) is 24.1 Å². The molecule has 3 N–H and O–H groups in total. The van der Waals surface area contributed by atoms with Gasteiger partial charge in [0.05, 0.1) is 34.7 Å². The van der Waals surface area contributed by atoms with E-state index in [4.69, 9.17) is 26.2 Å². The zero-order valence-corrected chi connectivity index (χ0v) is 35.0. The number of carbonyl (C=O) groups is 2. The van der Waals surface area contributed by atoms with Crippen molar-refractivity contribution in [2.45, 2.75) is 75.3 Å². The van der Waals surface area contributed by atoms with E-state index in [1.165, 1.54) is 29.8 Å². The number of halogens is 2. The number of ether oxygens (including phenoxy) is 1. The summed E-state index contributed by atoms with van der Waals surface area (Å²) in [6, 6.07) is 12.7. The highest BCUT2D eigenvalue weighted by molar-refractivity contribution is 6.04. The molecule has 1 aliphatic carbocycles. The van der Waals surface area contributed by atoms with E-state index in [1.807, 2.05) is 11.7 Å². The molecule has 2 amide bonds. The fraction of sp³-hybridized carbons (Fsp3) is 0.417. The third kappa shape index (κ3) is 7.09. The first kappa shape index (κ1) is 39.6. The lowest BCUT2D eigenvalue weighted by atomic mass is 9.87. The van der Waals surface area contributed by atoms with Crippen LogP contribution in [0, 0.1) is 29.4 Å². The molecule has 2 bridgehead atoms. The number of hydrogen-bond donors (Lipinski definition) is 3. The Balaban J connectivity index is 0.828. The van der Waals surface area contributed by atoms with Crippen molar-refractivity contribution in [3.8, 4) is 35.4 Å². The zero-order chi connectivity index (χ0) is 43.1. The average Bonchev–Trinajstić information content (AvgIpc) is 3.86. The molecule has 3 atom stereocenters. The van der Waals surface area contributed by atoms with Crippen LogP contribution in [0.5, 0.6) is 11.8 Å². The fourth-order valence-electron chi connectivity index (χ4n) is 10.6. The van der Waals surface area contributed by atoms with E-state index in [0.717, 1.165) is 74.8 Å². The second-order valence-corrected chi connectivity index (χ2v) is 18.3. The molecule has 322 valence electrons. The number of aromatic nitrogens is 5. The first-order valence-corrected chi connectivity index (χ1v) is 22.0. The van der Waals surface area contributed by atoms with Crippen LogP contribution in [0.3, 0.4) is 0 Å². The van der Waals surface area contributed by atoms with Gasteiger partial charge < -0.3 is 25.0 Å². The molecule has 7 heterocycles. The molecule has 11 rings (SSSR count). The van der Waals surface area contributed by atoms with Gasteiger partial charge in [-0.3, -0.25) is 24.6 Å². The predicted octanol–water partition coefficient (Wildman–Crippen LogP) is 6.20. The molecule has 63 heavy (non-hydrogen) atoms. The molecule has 15 heteroatoms. The predicted molar refractivity (Wildman–Crippen MR) is 233 cm³/mol. The molecule has 3 aromatic heterocycles. The van der Waals surface area contributed by atoms with E-state index in [-0.39, 0.29) is 56.7 Å². The number of terminal acetylenes is 1. The van der Waals surface area contributed by atoms with Crippen LogP contribution in [0.2, 0.25) is 0 Å². The van der Waals surface area contributed by atoms with Crippen LogP contribution in [0.25, 0.3) is 43.8 Å². The van der Waals surface area contributed by atoms with Crippen molar-refractivity contribution >= 4 is 50.2 Å². The van der Waals surface area contributed by atoms with Crippen LogP contribution >= 0.6 is 0 Å². The molecule has 1 saturated carbocycles. The average molecular weight is 852 g/mol. The molecular weight excluding hydrogens is 805 g/mol. The maximum Gasteiger partial charge on any atom is 0.319 e. The van der Waals surface area contributed by atoms with Crippen LogP contribution in [-0.2, 0) is 16.6 Å². The zero-order valence-electron chi connectivity index (χ0n) is 35.0. The van der Waals surface area contributed by atoms with Gasteiger partial charge in [0.15, 0.2) is 5.82 Å². The number of fused-ring (bicyclic) bond motifs is 5. The lowest BCUT2D eigenvalue weighted by molar-refractivity contribution is -0.134. The van der Waals surface area contributed by atoms with Crippen LogP contribution < -0.4 is 20.3 Å². The number of imide groups is 1. The Hall–Kier alpha value is -6.24. The monoisotopic (exact) mass is 851 g/mol. The minimum Gasteiger partial charge on any atom is -0.508 e. The number of piperidine rings is 2. The largest absolute Gasteiger partial charge is 0.508 e. The van der Waals surface area contributed by atoms with Crippen molar-refractivity contribution in [3.63, 3.8) is 0 Å². The first-order valence-electron chi connectivity index (χ1n) is 22.0. The van der Waals surface area contributed by atoms with Gasteiger partial charge >= 0.3 is 6.01 Å². The summed E-state index contributed by atoms with van der Waals surface area (Å²) in [6.45, 7) is 4.54. The number of hydrogen-bond acceptors (Lipinski definition) is 11. The summed E-state index contributed by atoms with van der Waals surface area (Å²) < 4.78 is 40.4. The van der Waals surface area contributed by atoms with Gasteiger partial charge in [-0.2, -0.15) is 15.1 Å². The number of piperazine rings is 1. The number of amides is 2. The molecule has 0 radical (unpaired) electrons. The highest BCUT2D eigenvalue weighted by Gasteiger charge is 2.46. The van der Waals surface area contributed by atoms with Gasteiger partial charge in [0, 0.05) is 73.1 Å².